The lowest BCUT2D eigenvalue weighted by atomic mass is 9.89. The first-order chi connectivity index (χ1) is 12.5. The maximum atomic E-state index is 12.8. The standard InChI is InChI=1S/C21H33N3O2/c1-22(2)16-21(26)11-6-12-24(17-21)20(25)15-23-13-9-19(10-14-23)18-7-4-3-5-8-18/h3-5,7-8,19,26H,6,9-17H2,1-2H3/t21-/m1/s1. The van der Waals surface area contributed by atoms with E-state index >= 15 is 0 Å². The van der Waals surface area contributed by atoms with Crippen LogP contribution in [0.25, 0.3) is 0 Å². The summed E-state index contributed by atoms with van der Waals surface area (Å²) in [6.45, 7) is 4.28. The zero-order valence-corrected chi connectivity index (χ0v) is 16.2. The summed E-state index contributed by atoms with van der Waals surface area (Å²) in [5, 5.41) is 10.8. The van der Waals surface area contributed by atoms with Crippen molar-refractivity contribution in [1.82, 2.24) is 14.7 Å². The van der Waals surface area contributed by atoms with E-state index in [-0.39, 0.29) is 5.91 Å². The van der Waals surface area contributed by atoms with Crippen LogP contribution in [-0.2, 0) is 4.79 Å². The Hall–Kier alpha value is -1.43. The Labute approximate surface area is 157 Å². The Bertz CT molecular complexity index is 584. The number of amides is 1. The van der Waals surface area contributed by atoms with Crippen LogP contribution in [0.15, 0.2) is 30.3 Å². The number of nitrogens with zero attached hydrogens (tertiary/aromatic N) is 3. The van der Waals surface area contributed by atoms with E-state index in [1.165, 1.54) is 5.56 Å². The van der Waals surface area contributed by atoms with Crippen molar-refractivity contribution in [2.45, 2.75) is 37.2 Å². The summed E-state index contributed by atoms with van der Waals surface area (Å²) in [7, 11) is 3.94. The zero-order chi connectivity index (χ0) is 18.6. The minimum Gasteiger partial charge on any atom is -0.387 e. The molecule has 2 aliphatic rings. The van der Waals surface area contributed by atoms with Crippen LogP contribution in [0, 0.1) is 0 Å². The minimum atomic E-state index is -0.766. The Balaban J connectivity index is 1.48. The van der Waals surface area contributed by atoms with Crippen molar-refractivity contribution in [3.63, 3.8) is 0 Å². The van der Waals surface area contributed by atoms with Gasteiger partial charge in [0.2, 0.25) is 5.91 Å². The van der Waals surface area contributed by atoms with Gasteiger partial charge in [0.1, 0.15) is 0 Å². The fourth-order valence-electron chi connectivity index (χ4n) is 4.48. The topological polar surface area (TPSA) is 47.0 Å². The highest BCUT2D eigenvalue weighted by molar-refractivity contribution is 5.78. The first-order valence-electron chi connectivity index (χ1n) is 9.87. The maximum absolute atomic E-state index is 12.8. The second-order valence-corrected chi connectivity index (χ2v) is 8.34. The number of benzene rings is 1. The summed E-state index contributed by atoms with van der Waals surface area (Å²) in [5.74, 6) is 0.780. The Morgan fingerprint density at radius 1 is 1.19 bits per heavy atom. The van der Waals surface area contributed by atoms with E-state index in [0.29, 0.717) is 25.6 Å². The van der Waals surface area contributed by atoms with Gasteiger partial charge in [-0.3, -0.25) is 9.69 Å². The Morgan fingerprint density at radius 2 is 1.88 bits per heavy atom. The molecule has 5 nitrogen and oxygen atoms in total. The van der Waals surface area contributed by atoms with Crippen LogP contribution in [0.3, 0.4) is 0 Å². The highest BCUT2D eigenvalue weighted by Gasteiger charge is 2.36. The largest absolute Gasteiger partial charge is 0.387 e. The predicted molar refractivity (Wildman–Crippen MR) is 104 cm³/mol. The lowest BCUT2D eigenvalue weighted by molar-refractivity contribution is -0.140. The highest BCUT2D eigenvalue weighted by Crippen LogP contribution is 2.28. The molecule has 0 radical (unpaired) electrons. The second kappa shape index (κ2) is 8.51. The van der Waals surface area contributed by atoms with Crippen molar-refractivity contribution in [2.75, 3.05) is 53.4 Å². The number of hydrogen-bond acceptors (Lipinski definition) is 4. The second-order valence-electron chi connectivity index (χ2n) is 8.34. The summed E-state index contributed by atoms with van der Waals surface area (Å²) in [6, 6.07) is 10.7. The maximum Gasteiger partial charge on any atom is 0.236 e. The molecule has 2 saturated heterocycles. The number of piperidine rings is 2. The number of rotatable bonds is 5. The van der Waals surface area contributed by atoms with E-state index in [0.717, 1.165) is 45.3 Å². The van der Waals surface area contributed by atoms with Gasteiger partial charge in [-0.2, -0.15) is 0 Å². The third kappa shape index (κ3) is 5.06. The van der Waals surface area contributed by atoms with Crippen LogP contribution >= 0.6 is 0 Å². The van der Waals surface area contributed by atoms with Gasteiger partial charge in [0, 0.05) is 13.1 Å². The molecule has 1 aromatic rings. The molecule has 0 aliphatic carbocycles. The summed E-state index contributed by atoms with van der Waals surface area (Å²) in [6.07, 6.45) is 3.88. The van der Waals surface area contributed by atoms with Gasteiger partial charge in [0.05, 0.1) is 18.7 Å². The van der Waals surface area contributed by atoms with Crippen LogP contribution in [0.5, 0.6) is 0 Å². The average Bonchev–Trinajstić information content (AvgIpc) is 2.62. The molecule has 0 saturated carbocycles. The van der Waals surface area contributed by atoms with Gasteiger partial charge >= 0.3 is 0 Å². The van der Waals surface area contributed by atoms with Crippen molar-refractivity contribution < 1.29 is 9.90 Å². The zero-order valence-electron chi connectivity index (χ0n) is 16.2. The summed E-state index contributed by atoms with van der Waals surface area (Å²) in [5.41, 5.74) is 0.654. The van der Waals surface area contributed by atoms with Gasteiger partial charge in [-0.25, -0.2) is 0 Å². The first-order valence-corrected chi connectivity index (χ1v) is 9.87. The van der Waals surface area contributed by atoms with E-state index in [2.05, 4.69) is 35.2 Å². The Kier molecular flexibility index (Phi) is 6.33. The summed E-state index contributed by atoms with van der Waals surface area (Å²) < 4.78 is 0. The van der Waals surface area contributed by atoms with Gasteiger partial charge in [-0.05, 0) is 64.3 Å². The molecule has 144 valence electrons. The minimum absolute atomic E-state index is 0.167. The molecule has 1 N–H and O–H groups in total. The third-order valence-corrected chi connectivity index (χ3v) is 5.74. The van der Waals surface area contributed by atoms with Crippen molar-refractivity contribution in [2.24, 2.45) is 0 Å². The van der Waals surface area contributed by atoms with Gasteiger partial charge in [0.15, 0.2) is 0 Å². The van der Waals surface area contributed by atoms with E-state index in [9.17, 15) is 9.90 Å². The van der Waals surface area contributed by atoms with Gasteiger partial charge in [-0.1, -0.05) is 30.3 Å². The molecule has 2 aliphatic heterocycles. The highest BCUT2D eigenvalue weighted by atomic mass is 16.3. The van der Waals surface area contributed by atoms with E-state index < -0.39 is 5.60 Å². The monoisotopic (exact) mass is 359 g/mol. The summed E-state index contributed by atoms with van der Waals surface area (Å²) in [4.78, 5) is 18.9. The van der Waals surface area contributed by atoms with Crippen LogP contribution in [0.2, 0.25) is 0 Å². The van der Waals surface area contributed by atoms with Gasteiger partial charge < -0.3 is 14.9 Å². The molecule has 2 fully saturated rings. The number of carbonyl (C=O) groups excluding carboxylic acids is 1. The molecule has 3 rings (SSSR count). The fraction of sp³-hybridized carbons (Fsp3) is 0.667. The van der Waals surface area contributed by atoms with Crippen LogP contribution in [0.1, 0.15) is 37.2 Å². The van der Waals surface area contributed by atoms with E-state index in [1.807, 2.05) is 23.9 Å². The Morgan fingerprint density at radius 3 is 2.54 bits per heavy atom. The molecule has 1 aromatic carbocycles. The van der Waals surface area contributed by atoms with Crippen molar-refractivity contribution in [1.29, 1.82) is 0 Å². The van der Waals surface area contributed by atoms with Crippen LogP contribution in [-0.4, -0.2) is 84.7 Å². The molecule has 26 heavy (non-hydrogen) atoms. The smallest absolute Gasteiger partial charge is 0.236 e. The SMILES string of the molecule is CN(C)C[C@]1(O)CCCN(C(=O)CN2CCC(c3ccccc3)CC2)C1. The number of carbonyl (C=O) groups is 1. The fourth-order valence-corrected chi connectivity index (χ4v) is 4.48. The van der Waals surface area contributed by atoms with Crippen molar-refractivity contribution >= 4 is 5.91 Å². The molecular weight excluding hydrogens is 326 g/mol. The third-order valence-electron chi connectivity index (χ3n) is 5.74. The normalized spacial score (nSPS) is 25.6. The molecule has 0 bridgehead atoms. The van der Waals surface area contributed by atoms with Gasteiger partial charge in [0.25, 0.3) is 0 Å². The molecule has 0 aromatic heterocycles. The van der Waals surface area contributed by atoms with Crippen molar-refractivity contribution in [3.8, 4) is 0 Å². The molecule has 1 amide bonds. The lowest BCUT2D eigenvalue weighted by Crippen LogP contribution is -2.56. The van der Waals surface area contributed by atoms with Crippen LogP contribution in [0.4, 0.5) is 0 Å². The number of likely N-dealkylation sites (tertiary alicyclic amines) is 2. The van der Waals surface area contributed by atoms with Gasteiger partial charge in [-0.15, -0.1) is 0 Å². The quantitative estimate of drug-likeness (QED) is 0.871. The van der Waals surface area contributed by atoms with E-state index in [1.54, 1.807) is 0 Å². The molecule has 5 heteroatoms. The van der Waals surface area contributed by atoms with Crippen molar-refractivity contribution in [3.05, 3.63) is 35.9 Å². The molecule has 2 heterocycles. The molecule has 0 unspecified atom stereocenters. The number of aliphatic hydroxyl groups is 1. The average molecular weight is 360 g/mol. The number of β-amino-alcohol motifs (C(OH)–C–C–N with tert-alkyl or cyclic N) is 1. The molecule has 0 spiro atoms. The number of hydrogen-bond donors (Lipinski definition) is 1. The predicted octanol–water partition coefficient (Wildman–Crippen LogP) is 1.78. The molecular formula is C21H33N3O2. The lowest BCUT2D eigenvalue weighted by Gasteiger charge is -2.41. The summed E-state index contributed by atoms with van der Waals surface area (Å²) >= 11 is 0. The van der Waals surface area contributed by atoms with E-state index in [4.69, 9.17) is 0 Å². The first kappa shape index (κ1) is 19.3. The number of likely N-dealkylation sites (N-methyl/N-ethyl adjacent to an activating group) is 1. The van der Waals surface area contributed by atoms with Crippen LogP contribution < -0.4 is 0 Å². The molecule has 1 atom stereocenters.